The molecule has 0 aliphatic carbocycles. The first kappa shape index (κ1) is 25.6. The molecule has 0 aliphatic rings. The van der Waals surface area contributed by atoms with Crippen LogP contribution in [-0.2, 0) is 12.8 Å². The van der Waals surface area contributed by atoms with Gasteiger partial charge in [-0.05, 0) is 60.1 Å². The second kappa shape index (κ2) is 15.0. The second-order valence-corrected chi connectivity index (χ2v) is 9.14. The molecule has 0 saturated carbocycles. The fourth-order valence-electron chi connectivity index (χ4n) is 3.99. The third-order valence-electron chi connectivity index (χ3n) is 6.18. The van der Waals surface area contributed by atoms with Gasteiger partial charge in [0.05, 0.1) is 23.8 Å². The lowest BCUT2D eigenvalue weighted by Crippen LogP contribution is -1.88. The zero-order valence-corrected chi connectivity index (χ0v) is 21.0. The summed E-state index contributed by atoms with van der Waals surface area (Å²) in [6.07, 6.45) is 24.7. The summed E-state index contributed by atoms with van der Waals surface area (Å²) < 4.78 is 0. The first-order valence-electron chi connectivity index (χ1n) is 13.1. The van der Waals surface area contributed by atoms with Gasteiger partial charge in [0.25, 0.3) is 0 Å². The molecule has 0 N–H and O–H groups in total. The van der Waals surface area contributed by atoms with Gasteiger partial charge >= 0.3 is 0 Å². The Hall–Kier alpha value is -3.00. The monoisotopic (exact) mass is 452 g/mol. The Balaban J connectivity index is 1.47. The van der Waals surface area contributed by atoms with Crippen molar-refractivity contribution in [1.29, 1.82) is 0 Å². The fourth-order valence-corrected chi connectivity index (χ4v) is 3.99. The van der Waals surface area contributed by atoms with Gasteiger partial charge in [0.1, 0.15) is 0 Å². The van der Waals surface area contributed by atoms with Crippen molar-refractivity contribution in [3.8, 4) is 0 Å². The summed E-state index contributed by atoms with van der Waals surface area (Å²) >= 11 is 0. The van der Waals surface area contributed by atoms with Crippen LogP contribution in [0, 0.1) is 0 Å². The lowest BCUT2D eigenvalue weighted by Gasteiger charge is -2.02. The van der Waals surface area contributed by atoms with Gasteiger partial charge in [-0.1, -0.05) is 113 Å². The van der Waals surface area contributed by atoms with Crippen LogP contribution in [0.1, 0.15) is 98.9 Å². The Morgan fingerprint density at radius 1 is 0.500 bits per heavy atom. The maximum Gasteiger partial charge on any atom is 0.0813 e. The molecule has 0 atom stereocenters. The van der Waals surface area contributed by atoms with Gasteiger partial charge in [-0.2, -0.15) is 0 Å². The van der Waals surface area contributed by atoms with Crippen LogP contribution in [0.25, 0.3) is 24.3 Å². The minimum atomic E-state index is 0.869. The van der Waals surface area contributed by atoms with Crippen LogP contribution in [0.4, 0.5) is 0 Å². The summed E-state index contributed by atoms with van der Waals surface area (Å²) in [5.74, 6) is 0. The van der Waals surface area contributed by atoms with E-state index < -0.39 is 0 Å². The molecule has 0 amide bonds. The summed E-state index contributed by atoms with van der Waals surface area (Å²) in [6, 6.07) is 17.7. The van der Waals surface area contributed by atoms with Gasteiger partial charge in [-0.15, -0.1) is 0 Å². The predicted octanol–water partition coefficient (Wildman–Crippen LogP) is 9.06. The molecule has 0 fully saturated rings. The molecule has 0 radical (unpaired) electrons. The Labute approximate surface area is 206 Å². The maximum atomic E-state index is 4.54. The number of nitrogens with zero attached hydrogens (tertiary/aromatic N) is 2. The van der Waals surface area contributed by atoms with E-state index in [1.807, 2.05) is 24.5 Å². The van der Waals surface area contributed by atoms with Gasteiger partial charge in [0.15, 0.2) is 0 Å². The average Bonchev–Trinajstić information content (AvgIpc) is 2.89. The first-order valence-corrected chi connectivity index (χ1v) is 13.1. The minimum absolute atomic E-state index is 0.869. The number of aryl methyl sites for hydroxylation is 2. The maximum absolute atomic E-state index is 4.54. The Morgan fingerprint density at radius 3 is 1.26 bits per heavy atom. The summed E-state index contributed by atoms with van der Waals surface area (Å²) in [5, 5.41) is 0. The van der Waals surface area contributed by atoms with Crippen molar-refractivity contribution in [1.82, 2.24) is 9.97 Å². The van der Waals surface area contributed by atoms with Crippen LogP contribution in [0.3, 0.4) is 0 Å². The van der Waals surface area contributed by atoms with E-state index in [9.17, 15) is 0 Å². The van der Waals surface area contributed by atoms with Crippen molar-refractivity contribution in [3.05, 3.63) is 94.6 Å². The van der Waals surface area contributed by atoms with Crippen LogP contribution in [0.15, 0.2) is 60.9 Å². The zero-order chi connectivity index (χ0) is 23.8. The van der Waals surface area contributed by atoms with Gasteiger partial charge in [-0.25, -0.2) is 0 Å². The molecule has 0 saturated heterocycles. The smallest absolute Gasteiger partial charge is 0.0813 e. The fraction of sp³-hybridized carbons (Fsp3) is 0.375. The highest BCUT2D eigenvalue weighted by atomic mass is 14.8. The van der Waals surface area contributed by atoms with Crippen LogP contribution >= 0.6 is 0 Å². The molecule has 178 valence electrons. The number of unbranched alkanes of at least 4 members (excludes halogenated alkanes) is 6. The van der Waals surface area contributed by atoms with Crippen LogP contribution < -0.4 is 0 Å². The molecule has 0 unspecified atom stereocenters. The van der Waals surface area contributed by atoms with Crippen molar-refractivity contribution in [2.75, 3.05) is 0 Å². The van der Waals surface area contributed by atoms with E-state index >= 15 is 0 Å². The molecule has 0 spiro atoms. The van der Waals surface area contributed by atoms with E-state index in [2.05, 4.69) is 84.5 Å². The molecular weight excluding hydrogens is 412 g/mol. The molecule has 3 aromatic rings. The Kier molecular flexibility index (Phi) is 11.3. The molecule has 2 heteroatoms. The molecule has 0 bridgehead atoms. The zero-order valence-electron chi connectivity index (χ0n) is 21.0. The molecule has 2 nitrogen and oxygen atoms in total. The molecule has 0 aliphatic heterocycles. The largest absolute Gasteiger partial charge is 0.253 e. The van der Waals surface area contributed by atoms with Gasteiger partial charge in [-0.3, -0.25) is 9.97 Å². The molecule has 3 rings (SSSR count). The van der Waals surface area contributed by atoms with E-state index in [1.54, 1.807) is 0 Å². The first-order chi connectivity index (χ1) is 16.8. The molecule has 34 heavy (non-hydrogen) atoms. The summed E-state index contributed by atoms with van der Waals surface area (Å²) in [4.78, 5) is 9.09. The van der Waals surface area contributed by atoms with Gasteiger partial charge in [0, 0.05) is 0 Å². The third-order valence-corrected chi connectivity index (χ3v) is 6.18. The Morgan fingerprint density at radius 2 is 0.912 bits per heavy atom. The van der Waals surface area contributed by atoms with E-state index in [-0.39, 0.29) is 0 Å². The van der Waals surface area contributed by atoms with Crippen molar-refractivity contribution < 1.29 is 0 Å². The number of hydrogen-bond acceptors (Lipinski definition) is 2. The highest BCUT2D eigenvalue weighted by Gasteiger charge is 1.97. The quantitative estimate of drug-likeness (QED) is 0.228. The normalized spacial score (nSPS) is 11.6. The second-order valence-electron chi connectivity index (χ2n) is 9.14. The van der Waals surface area contributed by atoms with Crippen molar-refractivity contribution in [3.63, 3.8) is 0 Å². The molecule has 1 aromatic heterocycles. The van der Waals surface area contributed by atoms with Crippen molar-refractivity contribution in [2.45, 2.75) is 78.1 Å². The van der Waals surface area contributed by atoms with Crippen LogP contribution in [-0.4, -0.2) is 9.97 Å². The topological polar surface area (TPSA) is 25.8 Å². The van der Waals surface area contributed by atoms with Gasteiger partial charge in [0.2, 0.25) is 0 Å². The van der Waals surface area contributed by atoms with Crippen LogP contribution in [0.5, 0.6) is 0 Å². The minimum Gasteiger partial charge on any atom is -0.253 e. The van der Waals surface area contributed by atoms with Crippen molar-refractivity contribution in [2.24, 2.45) is 0 Å². The molecular formula is C32H40N2. The van der Waals surface area contributed by atoms with E-state index in [0.29, 0.717) is 0 Å². The number of benzene rings is 2. The van der Waals surface area contributed by atoms with E-state index in [1.165, 1.54) is 86.5 Å². The number of hydrogen-bond donors (Lipinski definition) is 0. The van der Waals surface area contributed by atoms with Crippen LogP contribution in [0.2, 0.25) is 0 Å². The average molecular weight is 453 g/mol. The Bertz CT molecular complexity index is 912. The highest BCUT2D eigenvalue weighted by Crippen LogP contribution is 2.14. The SMILES string of the molecule is CCCCCCc1ccc(/C=C/c2cnc(/C=C/c3ccc(CCCCCC)cc3)cn2)cc1. The third kappa shape index (κ3) is 9.47. The van der Waals surface area contributed by atoms with E-state index in [0.717, 1.165) is 11.4 Å². The summed E-state index contributed by atoms with van der Waals surface area (Å²) in [6.45, 7) is 4.51. The molecule has 1 heterocycles. The highest BCUT2D eigenvalue weighted by molar-refractivity contribution is 5.69. The van der Waals surface area contributed by atoms with E-state index in [4.69, 9.17) is 0 Å². The van der Waals surface area contributed by atoms with Crippen molar-refractivity contribution >= 4 is 24.3 Å². The predicted molar refractivity (Wildman–Crippen MR) is 148 cm³/mol. The number of aromatic nitrogens is 2. The standard InChI is InChI=1S/C32H40N2/c1-3-5-7-9-11-27-13-17-29(18-14-27)21-23-31-25-34-32(26-33-31)24-22-30-19-15-28(16-20-30)12-10-8-6-4-2/h13-26H,3-12H2,1-2H3/b23-21+,24-22+. The van der Waals surface area contributed by atoms with Gasteiger partial charge < -0.3 is 0 Å². The lowest BCUT2D eigenvalue weighted by molar-refractivity contribution is 0.667. The lowest BCUT2D eigenvalue weighted by atomic mass is 10.0. The number of rotatable bonds is 14. The molecule has 2 aromatic carbocycles. The summed E-state index contributed by atoms with van der Waals surface area (Å²) in [5.41, 5.74) is 6.96. The summed E-state index contributed by atoms with van der Waals surface area (Å²) in [7, 11) is 0.